The lowest BCUT2D eigenvalue weighted by molar-refractivity contribution is -0.137. The fourth-order valence-corrected chi connectivity index (χ4v) is 2.31. The van der Waals surface area contributed by atoms with Crippen molar-refractivity contribution in [3.63, 3.8) is 0 Å². The number of carbonyl (C=O) groups is 1. The van der Waals surface area contributed by atoms with Gasteiger partial charge in [0, 0.05) is 5.69 Å². The molecule has 0 bridgehead atoms. The number of nitrogens with one attached hydrogen (secondary N) is 2. The Labute approximate surface area is 115 Å². The molecule has 0 radical (unpaired) electrons. The van der Waals surface area contributed by atoms with Crippen molar-refractivity contribution in [2.45, 2.75) is 32.0 Å². The molecule has 2 rings (SSSR count). The highest BCUT2D eigenvalue weighted by Gasteiger charge is 2.31. The second kappa shape index (κ2) is 5.83. The minimum absolute atomic E-state index is 0.171. The second-order valence-corrected chi connectivity index (χ2v) is 5.20. The third-order valence-corrected chi connectivity index (χ3v) is 3.44. The number of anilines is 1. The summed E-state index contributed by atoms with van der Waals surface area (Å²) < 4.78 is 37.8. The maximum absolute atomic E-state index is 12.6. The molecule has 6 heteroatoms. The van der Waals surface area contributed by atoms with Gasteiger partial charge in [0.15, 0.2) is 0 Å². The first kappa shape index (κ1) is 14.8. The Hall–Kier alpha value is -1.56. The maximum Gasteiger partial charge on any atom is 0.416 e. The van der Waals surface area contributed by atoms with Crippen LogP contribution in [-0.4, -0.2) is 18.5 Å². The van der Waals surface area contributed by atoms with E-state index in [0.717, 1.165) is 25.1 Å². The molecule has 1 saturated heterocycles. The van der Waals surface area contributed by atoms with Crippen molar-refractivity contribution in [2.24, 2.45) is 5.92 Å². The molecule has 110 valence electrons. The molecule has 2 unspecified atom stereocenters. The lowest BCUT2D eigenvalue weighted by Gasteiger charge is -2.27. The second-order valence-electron chi connectivity index (χ2n) is 5.20. The van der Waals surface area contributed by atoms with Crippen LogP contribution in [0.25, 0.3) is 0 Å². The van der Waals surface area contributed by atoms with Gasteiger partial charge in [0.05, 0.1) is 11.6 Å². The fraction of sp³-hybridized carbons (Fsp3) is 0.500. The number of halogens is 3. The van der Waals surface area contributed by atoms with E-state index in [1.54, 1.807) is 0 Å². The minimum atomic E-state index is -4.40. The summed E-state index contributed by atoms with van der Waals surface area (Å²) >= 11 is 0. The molecule has 1 aliphatic rings. The smallest absolute Gasteiger partial charge is 0.325 e. The number of alkyl halides is 3. The summed E-state index contributed by atoms with van der Waals surface area (Å²) in [5, 5.41) is 5.62. The molecule has 1 heterocycles. The number of piperidine rings is 1. The monoisotopic (exact) mass is 286 g/mol. The zero-order valence-electron chi connectivity index (χ0n) is 11.1. The van der Waals surface area contributed by atoms with Crippen molar-refractivity contribution in [3.8, 4) is 0 Å². The van der Waals surface area contributed by atoms with Gasteiger partial charge in [-0.25, -0.2) is 0 Å². The minimum Gasteiger partial charge on any atom is -0.325 e. The van der Waals surface area contributed by atoms with Crippen LogP contribution in [0.1, 0.15) is 25.3 Å². The van der Waals surface area contributed by atoms with E-state index in [1.807, 2.05) is 0 Å². The lowest BCUT2D eigenvalue weighted by Crippen LogP contribution is -2.45. The number of carbonyl (C=O) groups excluding carboxylic acids is 1. The normalized spacial score (nSPS) is 23.4. The van der Waals surface area contributed by atoms with E-state index in [9.17, 15) is 18.0 Å². The summed E-state index contributed by atoms with van der Waals surface area (Å²) in [6.07, 6.45) is -2.70. The average Bonchev–Trinajstić information content (AvgIpc) is 2.38. The predicted octanol–water partition coefficient (Wildman–Crippen LogP) is 3.03. The zero-order chi connectivity index (χ0) is 14.8. The standard InChI is InChI=1S/C14H17F3N2O/c1-9-5-6-18-12(7-9)13(20)19-11-4-2-3-10(8-11)14(15,16)17/h2-4,8-9,12,18H,5-7H2,1H3,(H,19,20). The van der Waals surface area contributed by atoms with Crippen LogP contribution in [0.15, 0.2) is 24.3 Å². The first-order valence-electron chi connectivity index (χ1n) is 6.58. The first-order chi connectivity index (χ1) is 9.36. The predicted molar refractivity (Wildman–Crippen MR) is 70.3 cm³/mol. The molecule has 1 amide bonds. The Kier molecular flexibility index (Phi) is 4.32. The van der Waals surface area contributed by atoms with Gasteiger partial charge in [-0.05, 0) is 43.5 Å². The Morgan fingerprint density at radius 2 is 2.15 bits per heavy atom. The van der Waals surface area contributed by atoms with Crippen LogP contribution in [0.4, 0.5) is 18.9 Å². The van der Waals surface area contributed by atoms with E-state index in [0.29, 0.717) is 12.3 Å². The van der Waals surface area contributed by atoms with Crippen LogP contribution in [-0.2, 0) is 11.0 Å². The van der Waals surface area contributed by atoms with E-state index in [1.165, 1.54) is 12.1 Å². The van der Waals surface area contributed by atoms with Crippen LogP contribution < -0.4 is 10.6 Å². The third-order valence-electron chi connectivity index (χ3n) is 3.44. The molecule has 0 saturated carbocycles. The third kappa shape index (κ3) is 3.72. The van der Waals surface area contributed by atoms with Gasteiger partial charge in [-0.2, -0.15) is 13.2 Å². The van der Waals surface area contributed by atoms with E-state index in [-0.39, 0.29) is 17.6 Å². The highest BCUT2D eigenvalue weighted by atomic mass is 19.4. The van der Waals surface area contributed by atoms with Crippen LogP contribution in [0.2, 0.25) is 0 Å². The van der Waals surface area contributed by atoms with Gasteiger partial charge in [-0.1, -0.05) is 13.0 Å². The largest absolute Gasteiger partial charge is 0.416 e. The molecule has 0 spiro atoms. The highest BCUT2D eigenvalue weighted by Crippen LogP contribution is 2.30. The van der Waals surface area contributed by atoms with Crippen LogP contribution in [0, 0.1) is 5.92 Å². The summed E-state index contributed by atoms with van der Waals surface area (Å²) in [4.78, 5) is 12.0. The molecule has 1 aromatic carbocycles. The lowest BCUT2D eigenvalue weighted by atomic mass is 9.94. The molecule has 0 aromatic heterocycles. The molecule has 2 N–H and O–H groups in total. The van der Waals surface area contributed by atoms with E-state index in [2.05, 4.69) is 17.6 Å². The summed E-state index contributed by atoms with van der Waals surface area (Å²) in [7, 11) is 0. The highest BCUT2D eigenvalue weighted by molar-refractivity contribution is 5.95. The van der Waals surface area contributed by atoms with Gasteiger partial charge in [0.1, 0.15) is 0 Å². The quantitative estimate of drug-likeness (QED) is 0.877. The van der Waals surface area contributed by atoms with E-state index < -0.39 is 11.7 Å². The first-order valence-corrected chi connectivity index (χ1v) is 6.58. The summed E-state index contributed by atoms with van der Waals surface area (Å²) in [5.41, 5.74) is -0.592. The van der Waals surface area contributed by atoms with Crippen LogP contribution in [0.5, 0.6) is 0 Å². The molecular weight excluding hydrogens is 269 g/mol. The molecular formula is C14H17F3N2O. The van der Waals surface area contributed by atoms with Crippen molar-refractivity contribution >= 4 is 11.6 Å². The molecule has 1 aromatic rings. The van der Waals surface area contributed by atoms with Gasteiger partial charge in [0.2, 0.25) is 5.91 Å². The average molecular weight is 286 g/mol. The topological polar surface area (TPSA) is 41.1 Å². The molecule has 20 heavy (non-hydrogen) atoms. The summed E-state index contributed by atoms with van der Waals surface area (Å²) in [5.74, 6) is 0.157. The molecule has 0 aliphatic carbocycles. The van der Waals surface area contributed by atoms with Crippen molar-refractivity contribution in [3.05, 3.63) is 29.8 Å². The molecule has 3 nitrogen and oxygen atoms in total. The van der Waals surface area contributed by atoms with Gasteiger partial charge in [-0.15, -0.1) is 0 Å². The van der Waals surface area contributed by atoms with Gasteiger partial charge < -0.3 is 10.6 Å². The van der Waals surface area contributed by atoms with Gasteiger partial charge >= 0.3 is 6.18 Å². The SMILES string of the molecule is CC1CCNC(C(=O)Nc2cccc(C(F)(F)F)c2)C1. The molecule has 1 fully saturated rings. The number of hydrogen-bond donors (Lipinski definition) is 2. The van der Waals surface area contributed by atoms with Crippen molar-refractivity contribution in [1.82, 2.24) is 5.32 Å². The molecule has 2 atom stereocenters. The zero-order valence-corrected chi connectivity index (χ0v) is 11.1. The maximum atomic E-state index is 12.6. The summed E-state index contributed by atoms with van der Waals surface area (Å²) in [6, 6.07) is 4.34. The Balaban J connectivity index is 2.04. The van der Waals surface area contributed by atoms with E-state index in [4.69, 9.17) is 0 Å². The van der Waals surface area contributed by atoms with E-state index >= 15 is 0 Å². The Morgan fingerprint density at radius 3 is 2.80 bits per heavy atom. The Morgan fingerprint density at radius 1 is 1.40 bits per heavy atom. The Bertz CT molecular complexity index is 488. The number of rotatable bonds is 2. The summed E-state index contributed by atoms with van der Waals surface area (Å²) in [6.45, 7) is 2.81. The molecule has 1 aliphatic heterocycles. The van der Waals surface area contributed by atoms with Crippen molar-refractivity contribution in [2.75, 3.05) is 11.9 Å². The van der Waals surface area contributed by atoms with Crippen LogP contribution >= 0.6 is 0 Å². The number of benzene rings is 1. The van der Waals surface area contributed by atoms with Crippen molar-refractivity contribution < 1.29 is 18.0 Å². The number of hydrogen-bond acceptors (Lipinski definition) is 2. The van der Waals surface area contributed by atoms with Crippen molar-refractivity contribution in [1.29, 1.82) is 0 Å². The van der Waals surface area contributed by atoms with Gasteiger partial charge in [-0.3, -0.25) is 4.79 Å². The van der Waals surface area contributed by atoms with Crippen LogP contribution in [0.3, 0.4) is 0 Å². The number of amides is 1. The van der Waals surface area contributed by atoms with Gasteiger partial charge in [0.25, 0.3) is 0 Å². The fourth-order valence-electron chi connectivity index (χ4n) is 2.31.